The Bertz CT molecular complexity index is 427. The molecule has 1 rings (SSSR count). The van der Waals surface area contributed by atoms with Gasteiger partial charge >= 0.3 is 0 Å². The van der Waals surface area contributed by atoms with E-state index >= 15 is 0 Å². The van der Waals surface area contributed by atoms with Gasteiger partial charge in [0.15, 0.2) is 0 Å². The van der Waals surface area contributed by atoms with E-state index in [2.05, 4.69) is 53.3 Å². The molecule has 0 radical (unpaired) electrons. The first-order valence-corrected chi connectivity index (χ1v) is 10.1. The first-order chi connectivity index (χ1) is 12.1. The number of nitrogen functional groups attached to an aromatic ring is 1. The minimum absolute atomic E-state index is 0.267. The summed E-state index contributed by atoms with van der Waals surface area (Å²) < 4.78 is 0. The van der Waals surface area contributed by atoms with Crippen LogP contribution in [0.3, 0.4) is 0 Å². The number of nitrogens with two attached hydrogens (primary N) is 1. The molecule has 0 aliphatic rings. The van der Waals surface area contributed by atoms with E-state index in [9.17, 15) is 0 Å². The van der Waals surface area contributed by atoms with Gasteiger partial charge in [-0.3, -0.25) is 0 Å². The number of unbranched alkanes of at least 4 members (excludes halogenated alkanes) is 2. The Morgan fingerprint density at radius 1 is 0.760 bits per heavy atom. The van der Waals surface area contributed by atoms with Crippen LogP contribution in [0.1, 0.15) is 79.1 Å². The van der Waals surface area contributed by atoms with Crippen LogP contribution in [0.4, 0.5) is 17.8 Å². The summed E-state index contributed by atoms with van der Waals surface area (Å²) in [5.74, 6) is 2.71. The Kier molecular flexibility index (Phi) is 10.9. The van der Waals surface area contributed by atoms with Crippen LogP contribution < -0.4 is 16.4 Å². The number of rotatable bonds is 14. The molecule has 0 saturated heterocycles. The fourth-order valence-corrected chi connectivity index (χ4v) is 2.91. The number of anilines is 3. The molecule has 1 aromatic rings. The van der Waals surface area contributed by atoms with Crippen molar-refractivity contribution in [1.29, 1.82) is 0 Å². The topological polar surface area (TPSA) is 88.8 Å². The van der Waals surface area contributed by atoms with E-state index in [4.69, 9.17) is 5.73 Å². The maximum Gasteiger partial charge on any atom is 0.229 e. The van der Waals surface area contributed by atoms with E-state index in [-0.39, 0.29) is 5.95 Å². The van der Waals surface area contributed by atoms with Gasteiger partial charge in [-0.1, -0.05) is 66.2 Å². The van der Waals surface area contributed by atoms with Crippen molar-refractivity contribution in [3.63, 3.8) is 0 Å². The van der Waals surface area contributed by atoms with Crippen LogP contribution in [-0.4, -0.2) is 28.0 Å². The molecule has 6 nitrogen and oxygen atoms in total. The number of hydrogen-bond donors (Lipinski definition) is 3. The monoisotopic (exact) mass is 350 g/mol. The molecule has 0 saturated carbocycles. The summed E-state index contributed by atoms with van der Waals surface area (Å²) in [5, 5.41) is 6.68. The van der Waals surface area contributed by atoms with Gasteiger partial charge in [-0.2, -0.15) is 15.0 Å². The maximum atomic E-state index is 5.86. The summed E-state index contributed by atoms with van der Waals surface area (Å²) in [6.07, 6.45) is 9.80. The minimum Gasteiger partial charge on any atom is -0.368 e. The molecule has 0 bridgehead atoms. The molecule has 0 amide bonds. The fraction of sp³-hybridized carbons (Fsp3) is 0.842. The highest BCUT2D eigenvalue weighted by atomic mass is 15.2. The van der Waals surface area contributed by atoms with Crippen molar-refractivity contribution in [2.75, 3.05) is 29.5 Å². The molecular weight excluding hydrogens is 312 g/mol. The average molecular weight is 351 g/mol. The number of nitrogens with zero attached hydrogens (tertiary/aromatic N) is 3. The van der Waals surface area contributed by atoms with Crippen molar-refractivity contribution in [2.24, 2.45) is 11.8 Å². The highest BCUT2D eigenvalue weighted by Crippen LogP contribution is 2.16. The van der Waals surface area contributed by atoms with E-state index in [0.717, 1.165) is 25.9 Å². The third kappa shape index (κ3) is 8.89. The minimum atomic E-state index is 0.267. The summed E-state index contributed by atoms with van der Waals surface area (Å²) in [6, 6.07) is 0. The molecule has 0 spiro atoms. The molecule has 6 heteroatoms. The highest BCUT2D eigenvalue weighted by molar-refractivity contribution is 5.39. The van der Waals surface area contributed by atoms with E-state index in [1.807, 2.05) is 0 Å². The lowest BCUT2D eigenvalue weighted by Crippen LogP contribution is -2.19. The standard InChI is InChI=1S/C19H38N6/c1-5-9-11-15(7-3)13-21-18-23-17(20)24-19(25-18)22-14-16(8-4)12-10-6-2/h15-16H,5-14H2,1-4H3,(H4,20,21,22,23,24,25). The first-order valence-electron chi connectivity index (χ1n) is 10.1. The van der Waals surface area contributed by atoms with Crippen molar-refractivity contribution >= 4 is 17.8 Å². The van der Waals surface area contributed by atoms with Gasteiger partial charge in [-0.15, -0.1) is 0 Å². The second-order valence-electron chi connectivity index (χ2n) is 6.94. The van der Waals surface area contributed by atoms with Gasteiger partial charge in [0.1, 0.15) is 0 Å². The number of aromatic nitrogens is 3. The largest absolute Gasteiger partial charge is 0.368 e. The summed E-state index contributed by atoms with van der Waals surface area (Å²) in [4.78, 5) is 12.9. The van der Waals surface area contributed by atoms with Crippen LogP contribution in [-0.2, 0) is 0 Å². The summed E-state index contributed by atoms with van der Waals surface area (Å²) in [7, 11) is 0. The van der Waals surface area contributed by atoms with Gasteiger partial charge in [0.2, 0.25) is 17.8 Å². The molecule has 0 aliphatic carbocycles. The van der Waals surface area contributed by atoms with Gasteiger partial charge in [-0.25, -0.2) is 0 Å². The lowest BCUT2D eigenvalue weighted by Gasteiger charge is -2.17. The zero-order chi connectivity index (χ0) is 18.5. The maximum absolute atomic E-state index is 5.86. The van der Waals surface area contributed by atoms with Gasteiger partial charge in [0.25, 0.3) is 0 Å². The van der Waals surface area contributed by atoms with Crippen molar-refractivity contribution in [3.05, 3.63) is 0 Å². The van der Waals surface area contributed by atoms with E-state index in [1.165, 1.54) is 38.5 Å². The zero-order valence-corrected chi connectivity index (χ0v) is 16.6. The Morgan fingerprint density at radius 2 is 1.20 bits per heavy atom. The molecule has 2 unspecified atom stereocenters. The zero-order valence-electron chi connectivity index (χ0n) is 16.6. The number of nitrogens with one attached hydrogen (secondary N) is 2. The van der Waals surface area contributed by atoms with Crippen LogP contribution in [0.15, 0.2) is 0 Å². The SMILES string of the molecule is CCCCC(CC)CNc1nc(N)nc(NCC(CC)CCCC)n1. The molecule has 0 aromatic carbocycles. The van der Waals surface area contributed by atoms with Crippen LogP contribution >= 0.6 is 0 Å². The van der Waals surface area contributed by atoms with Crippen LogP contribution in [0.5, 0.6) is 0 Å². The van der Waals surface area contributed by atoms with Gasteiger partial charge in [0, 0.05) is 13.1 Å². The Hall–Kier alpha value is -1.59. The smallest absolute Gasteiger partial charge is 0.229 e. The molecule has 0 fully saturated rings. The second-order valence-corrected chi connectivity index (χ2v) is 6.94. The molecule has 4 N–H and O–H groups in total. The van der Waals surface area contributed by atoms with E-state index in [1.54, 1.807) is 0 Å². The second kappa shape index (κ2) is 12.7. The predicted octanol–water partition coefficient (Wildman–Crippen LogP) is 4.71. The molecule has 25 heavy (non-hydrogen) atoms. The normalized spacial score (nSPS) is 13.4. The summed E-state index contributed by atoms with van der Waals surface area (Å²) in [6.45, 7) is 10.7. The van der Waals surface area contributed by atoms with Gasteiger partial charge < -0.3 is 16.4 Å². The third-order valence-corrected chi connectivity index (χ3v) is 4.84. The molecular formula is C19H38N6. The Morgan fingerprint density at radius 3 is 1.56 bits per heavy atom. The lowest BCUT2D eigenvalue weighted by molar-refractivity contribution is 0.470. The lowest BCUT2D eigenvalue weighted by atomic mass is 9.99. The number of hydrogen-bond acceptors (Lipinski definition) is 6. The van der Waals surface area contributed by atoms with Crippen LogP contribution in [0.2, 0.25) is 0 Å². The summed E-state index contributed by atoms with van der Waals surface area (Å²) >= 11 is 0. The van der Waals surface area contributed by atoms with Crippen molar-refractivity contribution in [3.8, 4) is 0 Å². The molecule has 0 aliphatic heterocycles. The van der Waals surface area contributed by atoms with Crippen LogP contribution in [0.25, 0.3) is 0 Å². The molecule has 144 valence electrons. The van der Waals surface area contributed by atoms with Crippen LogP contribution in [0, 0.1) is 11.8 Å². The first kappa shape index (κ1) is 21.5. The molecule has 2 atom stereocenters. The average Bonchev–Trinajstić information content (AvgIpc) is 2.61. The van der Waals surface area contributed by atoms with Gasteiger partial charge in [0.05, 0.1) is 0 Å². The van der Waals surface area contributed by atoms with E-state index in [0.29, 0.717) is 23.7 Å². The van der Waals surface area contributed by atoms with Gasteiger partial charge in [-0.05, 0) is 24.7 Å². The molecule has 1 heterocycles. The van der Waals surface area contributed by atoms with E-state index < -0.39 is 0 Å². The van der Waals surface area contributed by atoms with Crippen molar-refractivity contribution < 1.29 is 0 Å². The predicted molar refractivity (Wildman–Crippen MR) is 108 cm³/mol. The Balaban J connectivity index is 2.56. The quantitative estimate of drug-likeness (QED) is 0.450. The van der Waals surface area contributed by atoms with Crippen molar-refractivity contribution in [2.45, 2.75) is 79.1 Å². The molecule has 1 aromatic heterocycles. The Labute approximate surface area is 153 Å². The third-order valence-electron chi connectivity index (χ3n) is 4.84. The highest BCUT2D eigenvalue weighted by Gasteiger charge is 2.10. The fourth-order valence-electron chi connectivity index (χ4n) is 2.91. The van der Waals surface area contributed by atoms with Crippen molar-refractivity contribution in [1.82, 2.24) is 15.0 Å². The summed E-state index contributed by atoms with van der Waals surface area (Å²) in [5.41, 5.74) is 5.86.